The summed E-state index contributed by atoms with van der Waals surface area (Å²) in [7, 11) is -3.90. The number of amides is 1. The first-order valence-corrected chi connectivity index (χ1v) is 7.88. The molecular weight excluding hydrogens is 354 g/mol. The summed E-state index contributed by atoms with van der Waals surface area (Å²) in [5, 5.41) is 20.5. The second-order valence-corrected chi connectivity index (χ2v) is 7.10. The molecule has 1 fully saturated rings. The molecule has 1 amide bonds. The third-order valence-corrected chi connectivity index (χ3v) is 5.20. The summed E-state index contributed by atoms with van der Waals surface area (Å²) in [5.74, 6) is -0.581. The standard InChI is InChI=1S/C10H12BrN3O5S/c11-6-3-8(9(15)12-4-6)20(18,19)14-2-1-7(5-14)13-10(16)17/h3-4,7,13H,1-2,5H2,(H,12,15)(H,16,17). The Bertz CT molecular complexity index is 636. The van der Waals surface area contributed by atoms with Gasteiger partial charge < -0.3 is 15.5 Å². The molecular formula is C10H12BrN3O5S. The molecule has 1 atom stereocenters. The molecule has 1 aromatic rings. The lowest BCUT2D eigenvalue weighted by Crippen LogP contribution is -2.37. The molecule has 0 radical (unpaired) electrons. The summed E-state index contributed by atoms with van der Waals surface area (Å²) in [6, 6.07) is 0.805. The van der Waals surface area contributed by atoms with E-state index >= 15 is 0 Å². The molecule has 0 spiro atoms. The van der Waals surface area contributed by atoms with Crippen molar-refractivity contribution in [3.63, 3.8) is 0 Å². The van der Waals surface area contributed by atoms with Gasteiger partial charge in [-0.1, -0.05) is 0 Å². The van der Waals surface area contributed by atoms with Gasteiger partial charge in [0, 0.05) is 29.8 Å². The normalized spacial score (nSPS) is 19.9. The second-order valence-electron chi connectivity index (χ2n) is 4.27. The number of pyridine rings is 1. The van der Waals surface area contributed by atoms with Gasteiger partial charge in [-0.25, -0.2) is 18.2 Å². The van der Waals surface area contributed by atoms with Crippen LogP contribution in [0.1, 0.15) is 6.42 Å². The molecule has 10 heteroatoms. The Morgan fingerprint density at radius 2 is 2.25 bits per heavy atom. The number of aromatic nitrogens is 1. The first kappa shape index (κ1) is 15.0. The lowest BCUT2D eigenvalue weighted by molar-refractivity contribution is 0.190. The van der Waals surface area contributed by atoms with Gasteiger partial charge in [0.25, 0.3) is 0 Å². The average molecular weight is 366 g/mol. The Kier molecular flexibility index (Phi) is 4.16. The van der Waals surface area contributed by atoms with Gasteiger partial charge in [0.2, 0.25) is 15.9 Å². The van der Waals surface area contributed by atoms with Crippen molar-refractivity contribution < 1.29 is 23.4 Å². The van der Waals surface area contributed by atoms with E-state index < -0.39 is 28.0 Å². The number of carbonyl (C=O) groups is 1. The van der Waals surface area contributed by atoms with Crippen molar-refractivity contribution in [1.82, 2.24) is 14.6 Å². The number of halogens is 1. The van der Waals surface area contributed by atoms with E-state index in [2.05, 4.69) is 26.2 Å². The van der Waals surface area contributed by atoms with Crippen molar-refractivity contribution in [3.8, 4) is 5.88 Å². The smallest absolute Gasteiger partial charge is 0.404 e. The number of hydrogen-bond acceptors (Lipinski definition) is 5. The van der Waals surface area contributed by atoms with Crippen LogP contribution in [0.15, 0.2) is 21.6 Å². The van der Waals surface area contributed by atoms with Crippen LogP contribution in [0.25, 0.3) is 0 Å². The van der Waals surface area contributed by atoms with Gasteiger partial charge in [-0.05, 0) is 28.4 Å². The zero-order valence-electron chi connectivity index (χ0n) is 10.2. The van der Waals surface area contributed by atoms with Crippen molar-refractivity contribution in [2.45, 2.75) is 17.4 Å². The second kappa shape index (κ2) is 5.54. The molecule has 1 aliphatic rings. The Labute approximate surface area is 123 Å². The summed E-state index contributed by atoms with van der Waals surface area (Å²) in [5.41, 5.74) is 0. The Morgan fingerprint density at radius 3 is 2.90 bits per heavy atom. The average Bonchev–Trinajstić information content (AvgIpc) is 2.80. The first-order chi connectivity index (χ1) is 9.30. The molecule has 110 valence electrons. The number of rotatable bonds is 3. The zero-order chi connectivity index (χ0) is 14.9. The number of aromatic hydroxyl groups is 1. The third-order valence-electron chi connectivity index (χ3n) is 2.90. The van der Waals surface area contributed by atoms with Crippen molar-refractivity contribution in [3.05, 3.63) is 16.7 Å². The number of sulfonamides is 1. The molecule has 1 saturated heterocycles. The molecule has 0 aromatic carbocycles. The quantitative estimate of drug-likeness (QED) is 0.720. The fourth-order valence-corrected chi connectivity index (χ4v) is 4.02. The summed E-state index contributed by atoms with van der Waals surface area (Å²) < 4.78 is 26.3. The molecule has 1 unspecified atom stereocenters. The monoisotopic (exact) mass is 365 g/mol. The Morgan fingerprint density at radius 1 is 1.55 bits per heavy atom. The van der Waals surface area contributed by atoms with Crippen molar-refractivity contribution >= 4 is 32.0 Å². The van der Waals surface area contributed by atoms with Gasteiger partial charge in [-0.15, -0.1) is 0 Å². The van der Waals surface area contributed by atoms with Crippen LogP contribution < -0.4 is 5.32 Å². The number of nitrogens with one attached hydrogen (secondary N) is 1. The lowest BCUT2D eigenvalue weighted by Gasteiger charge is -2.17. The molecule has 0 bridgehead atoms. The number of nitrogens with zero attached hydrogens (tertiary/aromatic N) is 2. The summed E-state index contributed by atoms with van der Waals surface area (Å²) in [4.78, 5) is 13.8. The third kappa shape index (κ3) is 3.02. The molecule has 8 nitrogen and oxygen atoms in total. The van der Waals surface area contributed by atoms with Crippen LogP contribution in [0.5, 0.6) is 5.88 Å². The Hall–Kier alpha value is -1.39. The van der Waals surface area contributed by atoms with Crippen LogP contribution >= 0.6 is 15.9 Å². The van der Waals surface area contributed by atoms with Crippen LogP contribution in [0, 0.1) is 0 Å². The Balaban J connectivity index is 2.24. The van der Waals surface area contributed by atoms with Crippen LogP contribution in [-0.4, -0.2) is 53.1 Å². The topological polar surface area (TPSA) is 120 Å². The van der Waals surface area contributed by atoms with E-state index in [1.165, 1.54) is 12.3 Å². The number of hydrogen-bond donors (Lipinski definition) is 3. The van der Waals surface area contributed by atoms with Gasteiger partial charge in [0.15, 0.2) is 0 Å². The maximum atomic E-state index is 12.4. The van der Waals surface area contributed by atoms with E-state index in [1.807, 2.05) is 0 Å². The fourth-order valence-electron chi connectivity index (χ4n) is 1.98. The van der Waals surface area contributed by atoms with E-state index in [-0.39, 0.29) is 18.0 Å². The SMILES string of the molecule is O=C(O)NC1CCN(S(=O)(=O)c2cc(Br)cnc2O)C1. The minimum Gasteiger partial charge on any atom is -0.492 e. The molecule has 20 heavy (non-hydrogen) atoms. The molecule has 0 saturated carbocycles. The van der Waals surface area contributed by atoms with E-state index in [0.29, 0.717) is 10.9 Å². The van der Waals surface area contributed by atoms with Gasteiger partial charge >= 0.3 is 6.09 Å². The van der Waals surface area contributed by atoms with Crippen LogP contribution in [-0.2, 0) is 10.0 Å². The zero-order valence-corrected chi connectivity index (χ0v) is 12.6. The highest BCUT2D eigenvalue weighted by Gasteiger charge is 2.35. The molecule has 0 aliphatic carbocycles. The van der Waals surface area contributed by atoms with E-state index in [9.17, 15) is 18.3 Å². The summed E-state index contributed by atoms with van der Waals surface area (Å²) in [6.45, 7) is 0.208. The van der Waals surface area contributed by atoms with E-state index in [0.717, 1.165) is 4.31 Å². The van der Waals surface area contributed by atoms with Crippen LogP contribution in [0.4, 0.5) is 4.79 Å². The van der Waals surface area contributed by atoms with Gasteiger partial charge in [0.1, 0.15) is 4.90 Å². The summed E-state index contributed by atoms with van der Waals surface area (Å²) >= 11 is 3.10. The lowest BCUT2D eigenvalue weighted by atomic mass is 10.3. The highest BCUT2D eigenvalue weighted by atomic mass is 79.9. The maximum Gasteiger partial charge on any atom is 0.404 e. The van der Waals surface area contributed by atoms with Gasteiger partial charge in [0.05, 0.1) is 0 Å². The van der Waals surface area contributed by atoms with E-state index in [1.54, 1.807) is 0 Å². The van der Waals surface area contributed by atoms with Gasteiger partial charge in [-0.2, -0.15) is 4.31 Å². The van der Waals surface area contributed by atoms with Crippen LogP contribution in [0.3, 0.4) is 0 Å². The minimum absolute atomic E-state index is 0.0284. The van der Waals surface area contributed by atoms with Crippen molar-refractivity contribution in [2.75, 3.05) is 13.1 Å². The predicted octanol–water partition coefficient (Wildman–Crippen LogP) is 0.580. The maximum absolute atomic E-state index is 12.4. The molecule has 1 aliphatic heterocycles. The molecule has 2 heterocycles. The molecule has 3 N–H and O–H groups in total. The number of carboxylic acid groups (broad SMARTS) is 1. The van der Waals surface area contributed by atoms with E-state index in [4.69, 9.17) is 5.11 Å². The molecule has 2 rings (SSSR count). The van der Waals surface area contributed by atoms with Crippen LogP contribution in [0.2, 0.25) is 0 Å². The predicted molar refractivity (Wildman–Crippen MR) is 71.9 cm³/mol. The fraction of sp³-hybridized carbons (Fsp3) is 0.400. The van der Waals surface area contributed by atoms with Crippen molar-refractivity contribution in [2.24, 2.45) is 0 Å². The largest absolute Gasteiger partial charge is 0.492 e. The molecule has 1 aromatic heterocycles. The summed E-state index contributed by atoms with van der Waals surface area (Å²) in [6.07, 6.45) is 0.474. The first-order valence-electron chi connectivity index (χ1n) is 5.65. The van der Waals surface area contributed by atoms with Gasteiger partial charge in [-0.3, -0.25) is 0 Å². The highest BCUT2D eigenvalue weighted by molar-refractivity contribution is 9.10. The minimum atomic E-state index is -3.90. The highest BCUT2D eigenvalue weighted by Crippen LogP contribution is 2.28. The van der Waals surface area contributed by atoms with Crippen molar-refractivity contribution in [1.29, 1.82) is 0 Å².